The Morgan fingerprint density at radius 3 is 2.89 bits per heavy atom. The van der Waals surface area contributed by atoms with Crippen molar-refractivity contribution in [3.8, 4) is 0 Å². The van der Waals surface area contributed by atoms with E-state index in [-0.39, 0.29) is 5.91 Å². The molecule has 3 nitrogen and oxygen atoms in total. The molecule has 1 saturated carbocycles. The Balaban J connectivity index is 2.02. The molecule has 0 spiro atoms. The molecule has 0 radical (unpaired) electrons. The molecule has 0 bridgehead atoms. The van der Waals surface area contributed by atoms with Gasteiger partial charge in [0, 0.05) is 22.5 Å². The first-order valence-corrected chi connectivity index (χ1v) is 7.68. The summed E-state index contributed by atoms with van der Waals surface area (Å²) in [6, 6.07) is 7.44. The Hall–Kier alpha value is -1.16. The van der Waals surface area contributed by atoms with Crippen LogP contribution in [-0.4, -0.2) is 23.5 Å². The third-order valence-corrected chi connectivity index (χ3v) is 4.64. The molecule has 2 unspecified atom stereocenters. The maximum atomic E-state index is 12.2. The first kappa shape index (κ1) is 13.3. The van der Waals surface area contributed by atoms with Crippen LogP contribution in [0.3, 0.4) is 0 Å². The van der Waals surface area contributed by atoms with Crippen molar-refractivity contribution >= 4 is 23.4 Å². The van der Waals surface area contributed by atoms with E-state index >= 15 is 0 Å². The Kier molecular flexibility index (Phi) is 4.53. The van der Waals surface area contributed by atoms with Gasteiger partial charge in [-0.1, -0.05) is 18.9 Å². The van der Waals surface area contributed by atoms with Crippen LogP contribution in [0.2, 0.25) is 0 Å². The molecule has 4 heteroatoms. The molecule has 3 N–H and O–H groups in total. The molecule has 1 amide bonds. The van der Waals surface area contributed by atoms with Crippen molar-refractivity contribution in [3.63, 3.8) is 0 Å². The summed E-state index contributed by atoms with van der Waals surface area (Å²) in [6.45, 7) is 0. The second-order valence-corrected chi connectivity index (χ2v) is 5.84. The summed E-state index contributed by atoms with van der Waals surface area (Å²) < 4.78 is 0. The molecule has 1 aliphatic carbocycles. The first-order chi connectivity index (χ1) is 8.70. The van der Waals surface area contributed by atoms with Gasteiger partial charge in [-0.15, -0.1) is 0 Å². The van der Waals surface area contributed by atoms with Crippen molar-refractivity contribution in [2.24, 2.45) is 0 Å². The second kappa shape index (κ2) is 6.14. The molecular formula is C14H20N2OS. The summed E-state index contributed by atoms with van der Waals surface area (Å²) in [5.74, 6) is -0.00625. The zero-order valence-electron chi connectivity index (χ0n) is 10.7. The summed E-state index contributed by atoms with van der Waals surface area (Å²) in [6.07, 6.45) is 6.88. The lowest BCUT2D eigenvalue weighted by Gasteiger charge is -2.30. The quantitative estimate of drug-likeness (QED) is 0.825. The highest BCUT2D eigenvalue weighted by atomic mass is 32.2. The van der Waals surface area contributed by atoms with Crippen molar-refractivity contribution in [3.05, 3.63) is 29.8 Å². The summed E-state index contributed by atoms with van der Waals surface area (Å²) in [4.78, 5) is 12.2. The number of benzene rings is 1. The van der Waals surface area contributed by atoms with Gasteiger partial charge in [0.05, 0.1) is 0 Å². The fourth-order valence-electron chi connectivity index (χ4n) is 2.48. The highest BCUT2D eigenvalue weighted by Crippen LogP contribution is 2.27. The van der Waals surface area contributed by atoms with Gasteiger partial charge in [0.2, 0.25) is 0 Å². The minimum absolute atomic E-state index is 0.00625. The molecule has 18 heavy (non-hydrogen) atoms. The summed E-state index contributed by atoms with van der Waals surface area (Å²) in [7, 11) is 0. The van der Waals surface area contributed by atoms with E-state index < -0.39 is 0 Å². The standard InChI is InChI=1S/C14H20N2OS/c1-18-13-8-3-2-7-12(13)16-14(17)10-5-4-6-11(15)9-10/h4-6,9,12-13H,2-3,7-8,15H2,1H3,(H,16,17). The average molecular weight is 264 g/mol. The molecule has 2 atom stereocenters. The minimum atomic E-state index is -0.00625. The van der Waals surface area contributed by atoms with Gasteiger partial charge in [-0.3, -0.25) is 4.79 Å². The van der Waals surface area contributed by atoms with Gasteiger partial charge in [-0.05, 0) is 37.3 Å². The maximum absolute atomic E-state index is 12.2. The second-order valence-electron chi connectivity index (χ2n) is 4.76. The number of nitrogen functional groups attached to an aromatic ring is 1. The smallest absolute Gasteiger partial charge is 0.251 e. The van der Waals surface area contributed by atoms with Gasteiger partial charge >= 0.3 is 0 Å². The number of thioether (sulfide) groups is 1. The van der Waals surface area contributed by atoms with Gasteiger partial charge in [-0.2, -0.15) is 11.8 Å². The normalized spacial score (nSPS) is 23.6. The van der Waals surface area contributed by atoms with E-state index in [0.29, 0.717) is 22.5 Å². The fourth-order valence-corrected chi connectivity index (χ4v) is 3.41. The van der Waals surface area contributed by atoms with E-state index in [4.69, 9.17) is 5.73 Å². The van der Waals surface area contributed by atoms with E-state index in [1.165, 1.54) is 19.3 Å². The fraction of sp³-hybridized carbons (Fsp3) is 0.500. The number of carbonyl (C=O) groups excluding carboxylic acids is 1. The number of hydrogen-bond donors (Lipinski definition) is 2. The lowest BCUT2D eigenvalue weighted by atomic mass is 9.94. The molecule has 1 fully saturated rings. The number of carbonyl (C=O) groups is 1. The largest absolute Gasteiger partial charge is 0.399 e. The predicted octanol–water partition coefficient (Wildman–Crippen LogP) is 2.67. The SMILES string of the molecule is CSC1CCCCC1NC(=O)c1cccc(N)c1. The molecule has 0 saturated heterocycles. The van der Waals surface area contributed by atoms with Crippen molar-refractivity contribution in [1.29, 1.82) is 0 Å². The highest BCUT2D eigenvalue weighted by Gasteiger charge is 2.25. The maximum Gasteiger partial charge on any atom is 0.251 e. The molecule has 98 valence electrons. The Morgan fingerprint density at radius 1 is 1.39 bits per heavy atom. The van der Waals surface area contributed by atoms with E-state index in [9.17, 15) is 4.79 Å². The van der Waals surface area contributed by atoms with Crippen LogP contribution in [0, 0.1) is 0 Å². The van der Waals surface area contributed by atoms with Gasteiger partial charge < -0.3 is 11.1 Å². The van der Waals surface area contributed by atoms with Gasteiger partial charge in [0.1, 0.15) is 0 Å². The lowest BCUT2D eigenvalue weighted by Crippen LogP contribution is -2.43. The van der Waals surface area contributed by atoms with E-state index in [0.717, 1.165) is 6.42 Å². The monoisotopic (exact) mass is 264 g/mol. The van der Waals surface area contributed by atoms with Gasteiger partial charge in [0.15, 0.2) is 0 Å². The number of nitrogens with two attached hydrogens (primary N) is 1. The van der Waals surface area contributed by atoms with E-state index in [1.54, 1.807) is 12.1 Å². The zero-order chi connectivity index (χ0) is 13.0. The molecule has 0 heterocycles. The zero-order valence-corrected chi connectivity index (χ0v) is 11.5. The Morgan fingerprint density at radius 2 is 2.17 bits per heavy atom. The number of anilines is 1. The summed E-state index contributed by atoms with van der Waals surface area (Å²) in [5, 5.41) is 3.69. The molecule has 1 aromatic rings. The third kappa shape index (κ3) is 3.19. The molecule has 0 aliphatic heterocycles. The van der Waals surface area contributed by atoms with Crippen LogP contribution in [0.25, 0.3) is 0 Å². The Labute approximate surface area is 113 Å². The number of hydrogen-bond acceptors (Lipinski definition) is 3. The first-order valence-electron chi connectivity index (χ1n) is 6.40. The van der Waals surface area contributed by atoms with Crippen LogP contribution < -0.4 is 11.1 Å². The molecule has 0 aromatic heterocycles. The van der Waals surface area contributed by atoms with Gasteiger partial charge in [0.25, 0.3) is 5.91 Å². The molecule has 1 aromatic carbocycles. The molecule has 2 rings (SSSR count). The summed E-state index contributed by atoms with van der Waals surface area (Å²) in [5.41, 5.74) is 6.98. The predicted molar refractivity (Wildman–Crippen MR) is 77.9 cm³/mol. The lowest BCUT2D eigenvalue weighted by molar-refractivity contribution is 0.0929. The van der Waals surface area contributed by atoms with Gasteiger partial charge in [-0.25, -0.2) is 0 Å². The van der Waals surface area contributed by atoms with Crippen molar-refractivity contribution in [2.45, 2.75) is 37.0 Å². The number of nitrogens with one attached hydrogen (secondary N) is 1. The van der Waals surface area contributed by atoms with Crippen LogP contribution in [0.5, 0.6) is 0 Å². The number of amides is 1. The van der Waals surface area contributed by atoms with Crippen LogP contribution in [0.15, 0.2) is 24.3 Å². The minimum Gasteiger partial charge on any atom is -0.399 e. The van der Waals surface area contributed by atoms with Crippen molar-refractivity contribution < 1.29 is 4.79 Å². The van der Waals surface area contributed by atoms with Crippen LogP contribution >= 0.6 is 11.8 Å². The highest BCUT2D eigenvalue weighted by molar-refractivity contribution is 7.99. The van der Waals surface area contributed by atoms with Crippen LogP contribution in [-0.2, 0) is 0 Å². The van der Waals surface area contributed by atoms with Crippen molar-refractivity contribution in [1.82, 2.24) is 5.32 Å². The molecule has 1 aliphatic rings. The Bertz CT molecular complexity index is 422. The number of rotatable bonds is 3. The van der Waals surface area contributed by atoms with E-state index in [2.05, 4.69) is 11.6 Å². The third-order valence-electron chi connectivity index (χ3n) is 3.47. The average Bonchev–Trinajstić information content (AvgIpc) is 2.39. The van der Waals surface area contributed by atoms with Crippen LogP contribution in [0.4, 0.5) is 5.69 Å². The van der Waals surface area contributed by atoms with Crippen LogP contribution in [0.1, 0.15) is 36.0 Å². The van der Waals surface area contributed by atoms with Crippen molar-refractivity contribution in [2.75, 3.05) is 12.0 Å². The topological polar surface area (TPSA) is 55.1 Å². The summed E-state index contributed by atoms with van der Waals surface area (Å²) >= 11 is 1.85. The van der Waals surface area contributed by atoms with E-state index in [1.807, 2.05) is 23.9 Å². The molecular weight excluding hydrogens is 244 g/mol.